The summed E-state index contributed by atoms with van der Waals surface area (Å²) >= 11 is 6.06. The average Bonchev–Trinajstić information content (AvgIpc) is 2.75. The van der Waals surface area contributed by atoms with Crippen LogP contribution < -0.4 is 10.3 Å². The Morgan fingerprint density at radius 3 is 2.52 bits per heavy atom. The minimum Gasteiger partial charge on any atom is -0.490 e. The number of pyridine rings is 1. The van der Waals surface area contributed by atoms with Crippen molar-refractivity contribution in [3.63, 3.8) is 0 Å². The second-order valence-electron chi connectivity index (χ2n) is 9.05. The molecule has 1 fully saturated rings. The maximum absolute atomic E-state index is 11.9. The van der Waals surface area contributed by atoms with E-state index in [4.69, 9.17) is 16.3 Å². The number of hydrogen-bond acceptors (Lipinski definition) is 3. The van der Waals surface area contributed by atoms with Crippen LogP contribution >= 0.6 is 11.6 Å². The maximum Gasteiger partial charge on any atom is 0.255 e. The van der Waals surface area contributed by atoms with Crippen molar-refractivity contribution in [2.45, 2.75) is 58.2 Å². The van der Waals surface area contributed by atoms with Gasteiger partial charge in [-0.1, -0.05) is 37.6 Å². The molecule has 1 aliphatic carbocycles. The molecule has 1 N–H and O–H groups in total. The summed E-state index contributed by atoms with van der Waals surface area (Å²) in [5.41, 5.74) is 1.25. The molecule has 3 aromatic rings. The molecule has 31 heavy (non-hydrogen) atoms. The molecule has 164 valence electrons. The van der Waals surface area contributed by atoms with Gasteiger partial charge < -0.3 is 9.72 Å². The molecule has 0 radical (unpaired) electrons. The summed E-state index contributed by atoms with van der Waals surface area (Å²) < 4.78 is 6.30. The van der Waals surface area contributed by atoms with Gasteiger partial charge in [0.05, 0.1) is 6.10 Å². The standard InChI is InChI=1S/C26H31ClN2O2/c1-18(2)16-29(17-19-3-5-21(27)6-4-19)22-7-9-23(10-8-22)31-24-11-12-25-20(15-24)13-14-28-26(25)30/h3-6,11-15,18,22-23H,7-10,16-17H2,1-2H3,(H,28,30). The molecule has 4 nitrogen and oxygen atoms in total. The topological polar surface area (TPSA) is 45.3 Å². The number of aromatic nitrogens is 1. The van der Waals surface area contributed by atoms with Gasteiger partial charge in [-0.2, -0.15) is 0 Å². The highest BCUT2D eigenvalue weighted by Crippen LogP contribution is 2.29. The third-order valence-corrected chi connectivity index (χ3v) is 6.36. The van der Waals surface area contributed by atoms with Crippen molar-refractivity contribution in [1.82, 2.24) is 9.88 Å². The van der Waals surface area contributed by atoms with Crippen molar-refractivity contribution < 1.29 is 4.74 Å². The van der Waals surface area contributed by atoms with E-state index in [1.54, 1.807) is 6.20 Å². The monoisotopic (exact) mass is 438 g/mol. The van der Waals surface area contributed by atoms with E-state index in [1.807, 2.05) is 36.4 Å². The number of aromatic amines is 1. The van der Waals surface area contributed by atoms with Crippen molar-refractivity contribution in [2.24, 2.45) is 5.92 Å². The van der Waals surface area contributed by atoms with Crippen LogP contribution in [-0.2, 0) is 6.54 Å². The first kappa shape index (κ1) is 21.9. The summed E-state index contributed by atoms with van der Waals surface area (Å²) in [6.07, 6.45) is 6.29. The second kappa shape index (κ2) is 9.88. The number of nitrogens with zero attached hydrogens (tertiary/aromatic N) is 1. The summed E-state index contributed by atoms with van der Waals surface area (Å²) in [7, 11) is 0. The highest BCUT2D eigenvalue weighted by Gasteiger charge is 2.27. The summed E-state index contributed by atoms with van der Waals surface area (Å²) in [5, 5.41) is 2.40. The molecule has 0 atom stereocenters. The number of hydrogen-bond donors (Lipinski definition) is 1. The summed E-state index contributed by atoms with van der Waals surface area (Å²) in [5.74, 6) is 1.48. The lowest BCUT2D eigenvalue weighted by Gasteiger charge is -2.38. The third kappa shape index (κ3) is 5.69. The highest BCUT2D eigenvalue weighted by atomic mass is 35.5. The Bertz CT molecular complexity index is 1050. The van der Waals surface area contributed by atoms with Crippen LogP contribution in [0.5, 0.6) is 5.75 Å². The Hall–Kier alpha value is -2.30. The predicted octanol–water partition coefficient (Wildman–Crippen LogP) is 6.03. The number of halogens is 1. The zero-order chi connectivity index (χ0) is 21.8. The normalized spacial score (nSPS) is 19.3. The Morgan fingerprint density at radius 1 is 1.06 bits per heavy atom. The van der Waals surface area contributed by atoms with Crippen molar-refractivity contribution in [1.29, 1.82) is 0 Å². The van der Waals surface area contributed by atoms with Gasteiger partial charge in [-0.3, -0.25) is 9.69 Å². The van der Waals surface area contributed by atoms with Gasteiger partial charge in [-0.15, -0.1) is 0 Å². The third-order valence-electron chi connectivity index (χ3n) is 6.11. The summed E-state index contributed by atoms with van der Waals surface area (Å²) in [6, 6.07) is 16.5. The zero-order valence-corrected chi connectivity index (χ0v) is 19.1. The van der Waals surface area contributed by atoms with E-state index >= 15 is 0 Å². The van der Waals surface area contributed by atoms with Gasteiger partial charge in [0.25, 0.3) is 5.56 Å². The molecule has 1 aliphatic rings. The molecular weight excluding hydrogens is 408 g/mol. The number of H-pyrrole nitrogens is 1. The van der Waals surface area contributed by atoms with Crippen LogP contribution in [0.15, 0.2) is 59.5 Å². The van der Waals surface area contributed by atoms with Crippen LogP contribution in [0.1, 0.15) is 45.1 Å². The Kier molecular flexibility index (Phi) is 6.99. The first-order valence-corrected chi connectivity index (χ1v) is 11.6. The molecule has 0 spiro atoms. The van der Waals surface area contributed by atoms with E-state index < -0.39 is 0 Å². The molecular formula is C26H31ClN2O2. The van der Waals surface area contributed by atoms with Crippen LogP contribution in [0.2, 0.25) is 5.02 Å². The van der Waals surface area contributed by atoms with Crippen LogP contribution in [0, 0.1) is 5.92 Å². The van der Waals surface area contributed by atoms with Crippen LogP contribution in [0.3, 0.4) is 0 Å². The highest BCUT2D eigenvalue weighted by molar-refractivity contribution is 6.30. The molecule has 1 heterocycles. The van der Waals surface area contributed by atoms with Crippen LogP contribution in [0.25, 0.3) is 10.8 Å². The predicted molar refractivity (Wildman–Crippen MR) is 128 cm³/mol. The fraction of sp³-hybridized carbons (Fsp3) is 0.423. The van der Waals surface area contributed by atoms with Crippen molar-refractivity contribution in [2.75, 3.05) is 6.54 Å². The SMILES string of the molecule is CC(C)CN(Cc1ccc(Cl)cc1)C1CCC(Oc2ccc3c(=O)[nH]ccc3c2)CC1. The lowest BCUT2D eigenvalue weighted by Crippen LogP contribution is -2.41. The van der Waals surface area contributed by atoms with Crippen molar-refractivity contribution in [3.05, 3.63) is 75.7 Å². The molecule has 1 aromatic heterocycles. The first-order chi connectivity index (χ1) is 15.0. The van der Waals surface area contributed by atoms with Crippen LogP contribution in [0.4, 0.5) is 0 Å². The smallest absolute Gasteiger partial charge is 0.255 e. The molecule has 5 heteroatoms. The molecule has 0 bridgehead atoms. The van der Waals surface area contributed by atoms with E-state index in [0.29, 0.717) is 17.3 Å². The second-order valence-corrected chi connectivity index (χ2v) is 9.49. The molecule has 0 amide bonds. The summed E-state index contributed by atoms with van der Waals surface area (Å²) in [6.45, 7) is 6.63. The lowest BCUT2D eigenvalue weighted by molar-refractivity contribution is 0.0770. The van der Waals surface area contributed by atoms with E-state index in [2.05, 4.69) is 35.9 Å². The number of benzene rings is 2. The average molecular weight is 439 g/mol. The van der Waals surface area contributed by atoms with Gasteiger partial charge in [-0.05, 0) is 78.9 Å². The minimum absolute atomic E-state index is 0.0597. The number of ether oxygens (including phenoxy) is 1. The van der Waals surface area contributed by atoms with Gasteiger partial charge in [0.15, 0.2) is 0 Å². The number of fused-ring (bicyclic) bond motifs is 1. The van der Waals surface area contributed by atoms with E-state index in [-0.39, 0.29) is 11.7 Å². The van der Waals surface area contributed by atoms with Crippen molar-refractivity contribution >= 4 is 22.4 Å². The Balaban J connectivity index is 1.37. The molecule has 0 saturated heterocycles. The quantitative estimate of drug-likeness (QED) is 0.489. The molecule has 0 unspecified atom stereocenters. The first-order valence-electron chi connectivity index (χ1n) is 11.2. The molecule has 2 aromatic carbocycles. The fourth-order valence-corrected chi connectivity index (χ4v) is 4.73. The molecule has 0 aliphatic heterocycles. The lowest BCUT2D eigenvalue weighted by atomic mass is 9.91. The minimum atomic E-state index is -0.0597. The van der Waals surface area contributed by atoms with Gasteiger partial charge in [0, 0.05) is 35.7 Å². The maximum atomic E-state index is 11.9. The van der Waals surface area contributed by atoms with Crippen LogP contribution in [-0.4, -0.2) is 28.6 Å². The Morgan fingerprint density at radius 2 is 1.81 bits per heavy atom. The molecule has 4 rings (SSSR count). The van der Waals surface area contributed by atoms with Crippen molar-refractivity contribution in [3.8, 4) is 5.75 Å². The van der Waals surface area contributed by atoms with E-state index in [0.717, 1.165) is 54.9 Å². The largest absolute Gasteiger partial charge is 0.490 e. The van der Waals surface area contributed by atoms with Gasteiger partial charge in [0.1, 0.15) is 5.75 Å². The van der Waals surface area contributed by atoms with E-state index in [1.165, 1.54) is 5.56 Å². The Labute approximate surface area is 189 Å². The number of rotatable bonds is 7. The fourth-order valence-electron chi connectivity index (χ4n) is 4.60. The number of nitrogens with one attached hydrogen (secondary N) is 1. The van der Waals surface area contributed by atoms with Gasteiger partial charge in [0.2, 0.25) is 0 Å². The summed E-state index contributed by atoms with van der Waals surface area (Å²) in [4.78, 5) is 17.2. The van der Waals surface area contributed by atoms with Gasteiger partial charge >= 0.3 is 0 Å². The zero-order valence-electron chi connectivity index (χ0n) is 18.3. The molecule has 1 saturated carbocycles. The van der Waals surface area contributed by atoms with E-state index in [9.17, 15) is 4.79 Å². The van der Waals surface area contributed by atoms with Gasteiger partial charge in [-0.25, -0.2) is 0 Å².